The van der Waals surface area contributed by atoms with Crippen molar-refractivity contribution in [2.45, 2.75) is 46.4 Å². The van der Waals surface area contributed by atoms with Crippen LogP contribution in [-0.2, 0) is 13.2 Å². The highest BCUT2D eigenvalue weighted by Gasteiger charge is 2.10. The molecule has 20 heavy (non-hydrogen) atoms. The first-order valence-corrected chi connectivity index (χ1v) is 7.55. The zero-order valence-corrected chi connectivity index (χ0v) is 13.3. The number of nitrogens with one attached hydrogen (secondary N) is 1. The normalized spacial score (nSPS) is 11.6. The SMILES string of the molecule is Cc1ncccc1OCc1csc(CNC(C)(C)C)n1. The Bertz CT molecular complexity index is 560. The van der Waals surface area contributed by atoms with Gasteiger partial charge in [0, 0.05) is 23.7 Å². The maximum atomic E-state index is 5.74. The largest absolute Gasteiger partial charge is 0.485 e. The zero-order valence-electron chi connectivity index (χ0n) is 12.4. The van der Waals surface area contributed by atoms with Gasteiger partial charge in [0.25, 0.3) is 0 Å². The smallest absolute Gasteiger partial charge is 0.141 e. The molecule has 0 aliphatic heterocycles. The van der Waals surface area contributed by atoms with E-state index in [1.807, 2.05) is 24.4 Å². The van der Waals surface area contributed by atoms with Crippen LogP contribution in [0.4, 0.5) is 0 Å². The fraction of sp³-hybridized carbons (Fsp3) is 0.467. The van der Waals surface area contributed by atoms with Gasteiger partial charge < -0.3 is 10.1 Å². The summed E-state index contributed by atoms with van der Waals surface area (Å²) < 4.78 is 5.74. The van der Waals surface area contributed by atoms with Crippen molar-refractivity contribution in [2.24, 2.45) is 0 Å². The first kappa shape index (κ1) is 14.9. The predicted octanol–water partition coefficient (Wildman–Crippen LogP) is 3.31. The number of rotatable bonds is 5. The van der Waals surface area contributed by atoms with Gasteiger partial charge in [0.15, 0.2) is 0 Å². The second kappa shape index (κ2) is 6.33. The highest BCUT2D eigenvalue weighted by atomic mass is 32.1. The van der Waals surface area contributed by atoms with E-state index in [-0.39, 0.29) is 5.54 Å². The fourth-order valence-electron chi connectivity index (χ4n) is 1.61. The van der Waals surface area contributed by atoms with Crippen LogP contribution in [0.2, 0.25) is 0 Å². The van der Waals surface area contributed by atoms with Crippen molar-refractivity contribution in [3.63, 3.8) is 0 Å². The molecule has 0 bridgehead atoms. The molecule has 5 heteroatoms. The van der Waals surface area contributed by atoms with Crippen molar-refractivity contribution in [1.29, 1.82) is 0 Å². The Morgan fingerprint density at radius 1 is 1.35 bits per heavy atom. The van der Waals surface area contributed by atoms with Gasteiger partial charge in [-0.2, -0.15) is 0 Å². The topological polar surface area (TPSA) is 47.0 Å². The minimum Gasteiger partial charge on any atom is -0.485 e. The molecule has 108 valence electrons. The Balaban J connectivity index is 1.89. The Morgan fingerprint density at radius 2 is 2.15 bits per heavy atom. The molecule has 0 saturated carbocycles. The molecule has 4 nitrogen and oxygen atoms in total. The molecule has 2 rings (SSSR count). The summed E-state index contributed by atoms with van der Waals surface area (Å²) in [6.45, 7) is 9.66. The van der Waals surface area contributed by atoms with Crippen molar-refractivity contribution in [3.05, 3.63) is 40.1 Å². The molecule has 0 aliphatic rings. The van der Waals surface area contributed by atoms with E-state index in [4.69, 9.17) is 4.74 Å². The molecule has 0 radical (unpaired) electrons. The van der Waals surface area contributed by atoms with Gasteiger partial charge in [-0.3, -0.25) is 4.98 Å². The third kappa shape index (κ3) is 4.58. The van der Waals surface area contributed by atoms with E-state index >= 15 is 0 Å². The summed E-state index contributed by atoms with van der Waals surface area (Å²) >= 11 is 1.66. The lowest BCUT2D eigenvalue weighted by Gasteiger charge is -2.19. The molecule has 1 N–H and O–H groups in total. The summed E-state index contributed by atoms with van der Waals surface area (Å²) in [5.74, 6) is 0.815. The molecule has 0 saturated heterocycles. The van der Waals surface area contributed by atoms with Crippen LogP contribution < -0.4 is 10.1 Å². The van der Waals surface area contributed by atoms with Crippen LogP contribution in [0.5, 0.6) is 5.75 Å². The minimum atomic E-state index is 0.106. The van der Waals surface area contributed by atoms with E-state index in [0.717, 1.165) is 28.7 Å². The first-order chi connectivity index (χ1) is 9.44. The van der Waals surface area contributed by atoms with Crippen molar-refractivity contribution in [2.75, 3.05) is 0 Å². The van der Waals surface area contributed by atoms with Gasteiger partial charge in [-0.1, -0.05) is 0 Å². The van der Waals surface area contributed by atoms with Crippen molar-refractivity contribution in [1.82, 2.24) is 15.3 Å². The van der Waals surface area contributed by atoms with Crippen LogP contribution in [0, 0.1) is 6.92 Å². The van der Waals surface area contributed by atoms with Gasteiger partial charge >= 0.3 is 0 Å². The van der Waals surface area contributed by atoms with Crippen LogP contribution in [0.15, 0.2) is 23.7 Å². The molecule has 2 heterocycles. The van der Waals surface area contributed by atoms with Crippen LogP contribution in [-0.4, -0.2) is 15.5 Å². The molecule has 0 spiro atoms. The average Bonchev–Trinajstić information content (AvgIpc) is 2.83. The van der Waals surface area contributed by atoms with E-state index in [0.29, 0.717) is 6.61 Å². The van der Waals surface area contributed by atoms with E-state index in [9.17, 15) is 0 Å². The number of ether oxygens (including phenoxy) is 1. The van der Waals surface area contributed by atoms with Crippen LogP contribution >= 0.6 is 11.3 Å². The summed E-state index contributed by atoms with van der Waals surface area (Å²) in [7, 11) is 0. The Morgan fingerprint density at radius 3 is 2.85 bits per heavy atom. The third-order valence-electron chi connectivity index (χ3n) is 2.70. The maximum Gasteiger partial charge on any atom is 0.141 e. The molecule has 0 amide bonds. The number of aromatic nitrogens is 2. The number of hydrogen-bond acceptors (Lipinski definition) is 5. The molecular weight excluding hydrogens is 270 g/mol. The Hall–Kier alpha value is -1.46. The molecule has 0 aliphatic carbocycles. The van der Waals surface area contributed by atoms with E-state index in [1.54, 1.807) is 17.5 Å². The van der Waals surface area contributed by atoms with Gasteiger partial charge in [-0.15, -0.1) is 11.3 Å². The number of nitrogens with zero attached hydrogens (tertiary/aromatic N) is 2. The number of pyridine rings is 1. The van der Waals surface area contributed by atoms with Crippen LogP contribution in [0.25, 0.3) is 0 Å². The molecule has 2 aromatic rings. The lowest BCUT2D eigenvalue weighted by molar-refractivity contribution is 0.298. The monoisotopic (exact) mass is 291 g/mol. The molecule has 0 atom stereocenters. The van der Waals surface area contributed by atoms with Gasteiger partial charge in [0.2, 0.25) is 0 Å². The van der Waals surface area contributed by atoms with Gasteiger partial charge in [-0.25, -0.2) is 4.98 Å². The van der Waals surface area contributed by atoms with E-state index < -0.39 is 0 Å². The van der Waals surface area contributed by atoms with Gasteiger partial charge in [0.1, 0.15) is 17.4 Å². The quantitative estimate of drug-likeness (QED) is 0.918. The predicted molar refractivity (Wildman–Crippen MR) is 82.0 cm³/mol. The van der Waals surface area contributed by atoms with Gasteiger partial charge in [0.05, 0.1) is 11.4 Å². The third-order valence-corrected chi connectivity index (χ3v) is 3.60. The summed E-state index contributed by atoms with van der Waals surface area (Å²) in [5.41, 5.74) is 1.97. The van der Waals surface area contributed by atoms with Crippen molar-refractivity contribution < 1.29 is 4.74 Å². The lowest BCUT2D eigenvalue weighted by atomic mass is 10.1. The van der Waals surface area contributed by atoms with E-state index in [2.05, 4.69) is 36.1 Å². The molecule has 2 aromatic heterocycles. The molecular formula is C15H21N3OS. The molecule has 0 aromatic carbocycles. The molecule has 0 unspecified atom stereocenters. The van der Waals surface area contributed by atoms with Crippen LogP contribution in [0.3, 0.4) is 0 Å². The fourth-order valence-corrected chi connectivity index (χ4v) is 2.33. The highest BCUT2D eigenvalue weighted by Crippen LogP contribution is 2.17. The number of thiazole rings is 1. The standard InChI is InChI=1S/C15H21N3OS/c1-11-13(6-5-7-16-11)19-9-12-10-20-14(18-12)8-17-15(2,3)4/h5-7,10,17H,8-9H2,1-4H3. The summed E-state index contributed by atoms with van der Waals surface area (Å²) in [6, 6.07) is 3.80. The van der Waals surface area contributed by atoms with Crippen molar-refractivity contribution >= 4 is 11.3 Å². The second-order valence-corrected chi connectivity index (χ2v) is 6.65. The highest BCUT2D eigenvalue weighted by molar-refractivity contribution is 7.09. The average molecular weight is 291 g/mol. The van der Waals surface area contributed by atoms with Crippen LogP contribution in [0.1, 0.15) is 37.2 Å². The number of aryl methyl sites for hydroxylation is 1. The Labute approximate surface area is 124 Å². The first-order valence-electron chi connectivity index (χ1n) is 6.67. The van der Waals surface area contributed by atoms with Crippen molar-refractivity contribution in [3.8, 4) is 5.75 Å². The zero-order chi connectivity index (χ0) is 14.6. The summed E-state index contributed by atoms with van der Waals surface area (Å²) in [4.78, 5) is 8.77. The second-order valence-electron chi connectivity index (χ2n) is 5.71. The molecule has 0 fully saturated rings. The van der Waals surface area contributed by atoms with E-state index in [1.165, 1.54) is 0 Å². The Kier molecular flexibility index (Phi) is 4.73. The maximum absolute atomic E-state index is 5.74. The minimum absolute atomic E-state index is 0.106. The lowest BCUT2D eigenvalue weighted by Crippen LogP contribution is -2.35. The summed E-state index contributed by atoms with van der Waals surface area (Å²) in [6.07, 6.45) is 1.77. The summed E-state index contributed by atoms with van der Waals surface area (Å²) in [5, 5.41) is 6.56. The number of hydrogen-bond donors (Lipinski definition) is 1. The van der Waals surface area contributed by atoms with Gasteiger partial charge in [-0.05, 0) is 39.8 Å².